The monoisotopic (exact) mass is 374 g/mol. The van der Waals surface area contributed by atoms with Crippen LogP contribution in [-0.4, -0.2) is 35.5 Å². The minimum atomic E-state index is -0.600. The van der Waals surface area contributed by atoms with Crippen LogP contribution in [0.5, 0.6) is 0 Å². The Morgan fingerprint density at radius 2 is 1.89 bits per heavy atom. The van der Waals surface area contributed by atoms with Gasteiger partial charge in [0.15, 0.2) is 0 Å². The second-order valence-corrected chi connectivity index (χ2v) is 8.16. The van der Waals surface area contributed by atoms with Gasteiger partial charge in [0, 0.05) is 6.42 Å². The number of alkyl carbamates (subject to hydrolysis) is 1. The molecule has 0 unspecified atom stereocenters. The molecule has 0 fully saturated rings. The number of hydrogen-bond acceptors (Lipinski definition) is 5. The Morgan fingerprint density at radius 1 is 1.22 bits per heavy atom. The third-order valence-electron chi connectivity index (χ3n) is 3.91. The van der Waals surface area contributed by atoms with Gasteiger partial charge in [-0.1, -0.05) is 44.2 Å². The highest BCUT2D eigenvalue weighted by atomic mass is 16.6. The van der Waals surface area contributed by atoms with Gasteiger partial charge in [-0.05, 0) is 38.7 Å². The summed E-state index contributed by atoms with van der Waals surface area (Å²) in [6.07, 6.45) is 0.641. The highest BCUT2D eigenvalue weighted by molar-refractivity contribution is 5.97. The summed E-state index contributed by atoms with van der Waals surface area (Å²) in [5.41, 5.74) is 5.95. The first-order valence-electron chi connectivity index (χ1n) is 9.31. The number of nitrogens with zero attached hydrogens (tertiary/aromatic N) is 1. The number of carbonyl (C=O) groups excluding carboxylic acids is 2. The first kappa shape index (κ1) is 20.7. The van der Waals surface area contributed by atoms with Gasteiger partial charge in [0.1, 0.15) is 17.5 Å². The van der Waals surface area contributed by atoms with Crippen LogP contribution in [0.4, 0.5) is 4.79 Å². The van der Waals surface area contributed by atoms with Crippen molar-refractivity contribution in [3.8, 4) is 0 Å². The molecule has 1 heterocycles. The standard InChI is InChI=1S/C20H30N4O3/c1-13(2)11-16-18(25)24-23-17(21-16)15(12-14-9-7-6-8-10-14)22-19(26)27-20(3,4)5/h6-10,13,15-16H,11-12H2,1-5H3,(H,21,23)(H,22,26)(H,24,25)/t15-,16-/m0/s1. The molecule has 1 aliphatic rings. The molecule has 7 heteroatoms. The van der Waals surface area contributed by atoms with Crippen molar-refractivity contribution in [1.29, 1.82) is 0 Å². The zero-order chi connectivity index (χ0) is 20.0. The molecular weight excluding hydrogens is 344 g/mol. The summed E-state index contributed by atoms with van der Waals surface area (Å²) in [7, 11) is 0. The first-order chi connectivity index (χ1) is 12.6. The molecule has 0 saturated heterocycles. The molecule has 1 aromatic carbocycles. The minimum absolute atomic E-state index is 0.164. The van der Waals surface area contributed by atoms with E-state index < -0.39 is 23.8 Å². The van der Waals surface area contributed by atoms with Gasteiger partial charge >= 0.3 is 6.09 Å². The van der Waals surface area contributed by atoms with Crippen molar-refractivity contribution in [2.24, 2.45) is 10.9 Å². The third kappa shape index (κ3) is 6.92. The second kappa shape index (κ2) is 8.88. The van der Waals surface area contributed by atoms with Crippen molar-refractivity contribution in [2.75, 3.05) is 0 Å². The summed E-state index contributed by atoms with van der Waals surface area (Å²) in [6, 6.07) is 8.88. The fourth-order valence-corrected chi connectivity index (χ4v) is 2.77. The minimum Gasteiger partial charge on any atom is -0.444 e. The van der Waals surface area contributed by atoms with Gasteiger partial charge in [-0.2, -0.15) is 0 Å². The molecule has 0 bridgehead atoms. The van der Waals surface area contributed by atoms with Crippen LogP contribution in [0.25, 0.3) is 0 Å². The van der Waals surface area contributed by atoms with Crippen molar-refractivity contribution in [1.82, 2.24) is 16.2 Å². The molecule has 7 nitrogen and oxygen atoms in total. The number of hydrogen-bond donors (Lipinski definition) is 3. The zero-order valence-electron chi connectivity index (χ0n) is 16.7. The lowest BCUT2D eigenvalue weighted by Gasteiger charge is -2.29. The Morgan fingerprint density at radius 3 is 2.48 bits per heavy atom. The number of amides is 2. The summed E-state index contributed by atoms with van der Waals surface area (Å²) in [4.78, 5) is 29.0. The number of carbonyl (C=O) groups is 2. The predicted octanol–water partition coefficient (Wildman–Crippen LogP) is 2.57. The van der Waals surface area contributed by atoms with Crippen LogP contribution >= 0.6 is 0 Å². The number of hydrazine groups is 1. The summed E-state index contributed by atoms with van der Waals surface area (Å²) in [6.45, 7) is 9.53. The van der Waals surface area contributed by atoms with E-state index >= 15 is 0 Å². The maximum atomic E-state index is 12.3. The Bertz CT molecular complexity index is 680. The molecule has 27 heavy (non-hydrogen) atoms. The number of amidine groups is 1. The van der Waals surface area contributed by atoms with E-state index in [2.05, 4.69) is 21.2 Å². The van der Waals surface area contributed by atoms with Gasteiger partial charge in [0.05, 0.1) is 6.04 Å². The number of ether oxygens (including phenoxy) is 1. The lowest BCUT2D eigenvalue weighted by atomic mass is 10.0. The molecule has 0 saturated carbocycles. The summed E-state index contributed by atoms with van der Waals surface area (Å²) in [5.74, 6) is 0.688. The van der Waals surface area contributed by atoms with Gasteiger partial charge in [0.25, 0.3) is 5.91 Å². The van der Waals surface area contributed by atoms with E-state index in [1.54, 1.807) is 0 Å². The van der Waals surface area contributed by atoms with Crippen molar-refractivity contribution in [3.05, 3.63) is 35.9 Å². The Balaban J connectivity index is 2.22. The maximum absolute atomic E-state index is 12.3. The van der Waals surface area contributed by atoms with Gasteiger partial charge in [-0.3, -0.25) is 20.6 Å². The molecule has 2 rings (SSSR count). The predicted molar refractivity (Wildman–Crippen MR) is 105 cm³/mol. The molecule has 2 amide bonds. The number of rotatable bonds is 6. The molecule has 0 spiro atoms. The highest BCUT2D eigenvalue weighted by Crippen LogP contribution is 2.13. The van der Waals surface area contributed by atoms with Crippen LogP contribution in [0, 0.1) is 5.92 Å². The smallest absolute Gasteiger partial charge is 0.408 e. The average Bonchev–Trinajstić information content (AvgIpc) is 2.55. The van der Waals surface area contributed by atoms with Crippen LogP contribution in [0.15, 0.2) is 35.3 Å². The molecule has 1 aliphatic heterocycles. The largest absolute Gasteiger partial charge is 0.444 e. The van der Waals surface area contributed by atoms with Crippen molar-refractivity contribution >= 4 is 17.8 Å². The van der Waals surface area contributed by atoms with E-state index in [1.807, 2.05) is 65.0 Å². The van der Waals surface area contributed by atoms with Crippen LogP contribution < -0.4 is 16.2 Å². The topological polar surface area (TPSA) is 91.8 Å². The van der Waals surface area contributed by atoms with Gasteiger partial charge in [-0.15, -0.1) is 0 Å². The average molecular weight is 374 g/mol. The lowest BCUT2D eigenvalue weighted by Crippen LogP contribution is -2.59. The fraction of sp³-hybridized carbons (Fsp3) is 0.550. The van der Waals surface area contributed by atoms with E-state index in [-0.39, 0.29) is 5.91 Å². The summed E-state index contributed by atoms with van der Waals surface area (Å²) >= 11 is 0. The van der Waals surface area contributed by atoms with Crippen LogP contribution in [-0.2, 0) is 16.0 Å². The third-order valence-corrected chi connectivity index (χ3v) is 3.91. The van der Waals surface area contributed by atoms with E-state index in [1.165, 1.54) is 0 Å². The first-order valence-corrected chi connectivity index (χ1v) is 9.31. The van der Waals surface area contributed by atoms with Gasteiger partial charge in [0.2, 0.25) is 0 Å². The molecule has 0 radical (unpaired) electrons. The van der Waals surface area contributed by atoms with Gasteiger partial charge < -0.3 is 10.1 Å². The molecule has 0 aromatic heterocycles. The lowest BCUT2D eigenvalue weighted by molar-refractivity contribution is -0.123. The molecule has 3 N–H and O–H groups in total. The van der Waals surface area contributed by atoms with E-state index in [4.69, 9.17) is 4.74 Å². The summed E-state index contributed by atoms with van der Waals surface area (Å²) in [5, 5.41) is 2.87. The molecular formula is C20H30N4O3. The van der Waals surface area contributed by atoms with Gasteiger partial charge in [-0.25, -0.2) is 4.79 Å². The molecule has 2 atom stereocenters. The van der Waals surface area contributed by atoms with E-state index in [0.29, 0.717) is 24.6 Å². The van der Waals surface area contributed by atoms with E-state index in [0.717, 1.165) is 5.56 Å². The fourth-order valence-electron chi connectivity index (χ4n) is 2.77. The van der Waals surface area contributed by atoms with Crippen LogP contribution in [0.3, 0.4) is 0 Å². The molecule has 148 valence electrons. The van der Waals surface area contributed by atoms with Crippen molar-refractivity contribution < 1.29 is 14.3 Å². The van der Waals surface area contributed by atoms with E-state index in [9.17, 15) is 9.59 Å². The second-order valence-electron chi connectivity index (χ2n) is 8.16. The number of nitrogens with one attached hydrogen (secondary N) is 3. The quantitative estimate of drug-likeness (QED) is 0.714. The van der Waals surface area contributed by atoms with Crippen molar-refractivity contribution in [3.63, 3.8) is 0 Å². The number of benzene rings is 1. The van der Waals surface area contributed by atoms with Crippen LogP contribution in [0.1, 0.15) is 46.6 Å². The Labute approximate surface area is 160 Å². The Hall–Kier alpha value is -2.57. The SMILES string of the molecule is CC(C)C[C@@H]1N=C([C@H](Cc2ccccc2)NC(=O)OC(C)(C)C)NNC1=O. The maximum Gasteiger partial charge on any atom is 0.408 e. The summed E-state index contributed by atoms with van der Waals surface area (Å²) < 4.78 is 5.39. The van der Waals surface area contributed by atoms with Crippen LogP contribution in [0.2, 0.25) is 0 Å². The highest BCUT2D eigenvalue weighted by Gasteiger charge is 2.29. The molecule has 0 aliphatic carbocycles. The molecule has 1 aromatic rings. The normalized spacial score (nSPS) is 18.2. The zero-order valence-corrected chi connectivity index (χ0v) is 16.7. The van der Waals surface area contributed by atoms with Crippen molar-refractivity contribution in [2.45, 2.75) is 65.1 Å². The Kier molecular flexibility index (Phi) is 6.82. The number of aliphatic imine (C=N–C) groups is 1.